The molecule has 0 spiro atoms. The zero-order chi connectivity index (χ0) is 10.0. The second kappa shape index (κ2) is 4.79. The van der Waals surface area contributed by atoms with Crippen LogP contribution in [0.4, 0.5) is 8.78 Å². The van der Waals surface area contributed by atoms with Crippen molar-refractivity contribution in [2.45, 2.75) is 11.8 Å². The first kappa shape index (κ1) is 11.5. The summed E-state index contributed by atoms with van der Waals surface area (Å²) in [6, 6.07) is 0. The van der Waals surface area contributed by atoms with Gasteiger partial charge in [0, 0.05) is 16.0 Å². The first-order valence-corrected chi connectivity index (χ1v) is 5.95. The van der Waals surface area contributed by atoms with Gasteiger partial charge < -0.3 is 0 Å². The highest BCUT2D eigenvalue weighted by molar-refractivity contribution is 9.11. The fourth-order valence-electron chi connectivity index (χ4n) is 0.795. The van der Waals surface area contributed by atoms with Crippen LogP contribution in [0, 0.1) is 0 Å². The molecule has 1 heterocycles. The minimum Gasteiger partial charge on any atom is -0.253 e. The van der Waals surface area contributed by atoms with Crippen LogP contribution >= 0.6 is 47.8 Å². The zero-order valence-corrected chi connectivity index (χ0v) is 11.0. The van der Waals surface area contributed by atoms with Crippen LogP contribution in [0.5, 0.6) is 0 Å². The van der Waals surface area contributed by atoms with Crippen LogP contribution in [-0.4, -0.2) is 4.98 Å². The lowest BCUT2D eigenvalue weighted by molar-refractivity contribution is 0.145. The van der Waals surface area contributed by atoms with Crippen molar-refractivity contribution in [3.05, 3.63) is 26.4 Å². The van der Waals surface area contributed by atoms with Crippen LogP contribution in [0.15, 0.2) is 15.1 Å². The van der Waals surface area contributed by atoms with E-state index < -0.39 is 6.43 Å². The number of halogens is 5. The van der Waals surface area contributed by atoms with E-state index in [9.17, 15) is 8.78 Å². The van der Waals surface area contributed by atoms with Gasteiger partial charge in [0.05, 0.1) is 4.47 Å². The van der Waals surface area contributed by atoms with Gasteiger partial charge >= 0.3 is 0 Å². The van der Waals surface area contributed by atoms with Crippen molar-refractivity contribution in [2.75, 3.05) is 0 Å². The molecule has 0 aliphatic heterocycles. The molecular weight excluding hydrogens is 376 g/mol. The Labute approximate surface area is 99.3 Å². The summed E-state index contributed by atoms with van der Waals surface area (Å²) in [5.41, 5.74) is 0.517. The van der Waals surface area contributed by atoms with Crippen molar-refractivity contribution < 1.29 is 8.78 Å². The minimum absolute atomic E-state index is 0.224. The van der Waals surface area contributed by atoms with Gasteiger partial charge in [-0.2, -0.15) is 0 Å². The van der Waals surface area contributed by atoms with Gasteiger partial charge in [0.25, 0.3) is 6.43 Å². The Bertz CT molecular complexity index is 317. The Hall–Kier alpha value is 0.450. The lowest BCUT2D eigenvalue weighted by atomic mass is 10.2. The highest BCUT2D eigenvalue weighted by Gasteiger charge is 2.17. The fourth-order valence-corrected chi connectivity index (χ4v) is 3.47. The Kier molecular flexibility index (Phi) is 4.25. The molecule has 1 aromatic rings. The molecule has 0 amide bonds. The summed E-state index contributed by atoms with van der Waals surface area (Å²) >= 11 is 9.52. The second-order valence-corrected chi connectivity index (χ2v) is 4.43. The van der Waals surface area contributed by atoms with E-state index in [1.54, 1.807) is 0 Å². The van der Waals surface area contributed by atoms with E-state index in [1.165, 1.54) is 6.20 Å². The third-order valence-electron chi connectivity index (χ3n) is 1.44. The maximum Gasteiger partial charge on any atom is 0.281 e. The highest BCUT2D eigenvalue weighted by Crippen LogP contribution is 2.33. The SMILES string of the molecule is FC(F)c1ncc(Br)c(CBr)c1Br. The monoisotopic (exact) mass is 377 g/mol. The number of aromatic nitrogens is 1. The van der Waals surface area contributed by atoms with Gasteiger partial charge in [-0.15, -0.1) is 0 Å². The molecule has 0 fully saturated rings. The minimum atomic E-state index is -2.56. The summed E-state index contributed by atoms with van der Waals surface area (Å²) < 4.78 is 25.8. The molecule has 0 unspecified atom stereocenters. The molecule has 0 saturated heterocycles. The first-order chi connectivity index (χ1) is 6.07. The number of nitrogens with zero attached hydrogens (tertiary/aromatic N) is 1. The van der Waals surface area contributed by atoms with Crippen LogP contribution in [0.1, 0.15) is 17.7 Å². The smallest absolute Gasteiger partial charge is 0.253 e. The average molecular weight is 380 g/mol. The molecule has 0 aliphatic carbocycles. The number of hydrogen-bond acceptors (Lipinski definition) is 1. The summed E-state index contributed by atoms with van der Waals surface area (Å²) in [7, 11) is 0. The van der Waals surface area contributed by atoms with E-state index in [0.29, 0.717) is 14.3 Å². The summed E-state index contributed by atoms with van der Waals surface area (Å²) in [5, 5.41) is 0.496. The maximum absolute atomic E-state index is 12.4. The Morgan fingerprint density at radius 3 is 2.46 bits per heavy atom. The Morgan fingerprint density at radius 2 is 2.00 bits per heavy atom. The lowest BCUT2D eigenvalue weighted by Gasteiger charge is -2.07. The number of rotatable bonds is 2. The molecule has 0 radical (unpaired) electrons. The van der Waals surface area contributed by atoms with Gasteiger partial charge in [-0.1, -0.05) is 15.9 Å². The third-order valence-corrected chi connectivity index (χ3v) is 3.56. The predicted octanol–water partition coefficient (Wildman–Crippen LogP) is 4.44. The van der Waals surface area contributed by atoms with Gasteiger partial charge in [-0.05, 0) is 37.4 Å². The van der Waals surface area contributed by atoms with Crippen molar-refractivity contribution in [2.24, 2.45) is 0 Å². The van der Waals surface area contributed by atoms with E-state index >= 15 is 0 Å². The van der Waals surface area contributed by atoms with Crippen LogP contribution in [0.25, 0.3) is 0 Å². The van der Waals surface area contributed by atoms with E-state index in [0.717, 1.165) is 5.56 Å². The molecule has 1 rings (SSSR count). The molecule has 1 nitrogen and oxygen atoms in total. The Morgan fingerprint density at radius 1 is 1.38 bits per heavy atom. The van der Waals surface area contributed by atoms with Crippen LogP contribution < -0.4 is 0 Å². The molecule has 6 heteroatoms. The standard InChI is InChI=1S/C7H4Br3F2N/c8-1-3-4(9)2-13-6(5(3)10)7(11)12/h2,7H,1H2. The quantitative estimate of drug-likeness (QED) is 0.692. The molecule has 0 aliphatic rings. The van der Waals surface area contributed by atoms with E-state index in [4.69, 9.17) is 0 Å². The third kappa shape index (κ3) is 2.47. The number of pyridine rings is 1. The summed E-state index contributed by atoms with van der Waals surface area (Å²) in [6.45, 7) is 0. The van der Waals surface area contributed by atoms with Crippen molar-refractivity contribution in [3.63, 3.8) is 0 Å². The zero-order valence-electron chi connectivity index (χ0n) is 6.20. The number of alkyl halides is 3. The normalized spacial score (nSPS) is 10.9. The predicted molar refractivity (Wildman–Crippen MR) is 57.2 cm³/mol. The molecular formula is C7H4Br3F2N. The summed E-state index contributed by atoms with van der Waals surface area (Å²) in [5.74, 6) is 0. The van der Waals surface area contributed by atoms with Crippen LogP contribution in [0.3, 0.4) is 0 Å². The summed E-state index contributed by atoms with van der Waals surface area (Å²) in [6.07, 6.45) is -1.18. The highest BCUT2D eigenvalue weighted by atomic mass is 79.9. The van der Waals surface area contributed by atoms with E-state index in [1.807, 2.05) is 0 Å². The van der Waals surface area contributed by atoms with Crippen molar-refractivity contribution in [1.29, 1.82) is 0 Å². The van der Waals surface area contributed by atoms with Crippen LogP contribution in [-0.2, 0) is 5.33 Å². The largest absolute Gasteiger partial charge is 0.281 e. The van der Waals surface area contributed by atoms with E-state index in [-0.39, 0.29) is 5.69 Å². The van der Waals surface area contributed by atoms with Crippen molar-refractivity contribution >= 4 is 47.8 Å². The van der Waals surface area contributed by atoms with Gasteiger partial charge in [0.2, 0.25) is 0 Å². The second-order valence-electron chi connectivity index (χ2n) is 2.22. The maximum atomic E-state index is 12.4. The van der Waals surface area contributed by atoms with E-state index in [2.05, 4.69) is 52.8 Å². The van der Waals surface area contributed by atoms with Crippen molar-refractivity contribution in [3.8, 4) is 0 Å². The van der Waals surface area contributed by atoms with Gasteiger partial charge in [0.15, 0.2) is 0 Å². The molecule has 72 valence electrons. The molecule has 0 N–H and O–H groups in total. The fraction of sp³-hybridized carbons (Fsp3) is 0.286. The average Bonchev–Trinajstić information content (AvgIpc) is 2.04. The molecule has 0 saturated carbocycles. The molecule has 0 aromatic carbocycles. The summed E-state index contributed by atoms with van der Waals surface area (Å²) in [4.78, 5) is 3.62. The van der Waals surface area contributed by atoms with Gasteiger partial charge in [-0.25, -0.2) is 8.78 Å². The topological polar surface area (TPSA) is 12.9 Å². The first-order valence-electron chi connectivity index (χ1n) is 3.24. The Balaban J connectivity index is 3.27. The molecule has 0 atom stereocenters. The molecule has 0 bridgehead atoms. The van der Waals surface area contributed by atoms with Gasteiger partial charge in [0.1, 0.15) is 5.69 Å². The lowest BCUT2D eigenvalue weighted by Crippen LogP contribution is -1.96. The van der Waals surface area contributed by atoms with Crippen molar-refractivity contribution in [1.82, 2.24) is 4.98 Å². The van der Waals surface area contributed by atoms with Gasteiger partial charge in [-0.3, -0.25) is 4.98 Å². The molecule has 1 aromatic heterocycles. The van der Waals surface area contributed by atoms with Crippen LogP contribution in [0.2, 0.25) is 0 Å². The molecule has 13 heavy (non-hydrogen) atoms. The number of hydrogen-bond donors (Lipinski definition) is 0.